The Hall–Kier alpha value is -1.26. The Morgan fingerprint density at radius 3 is 2.46 bits per heavy atom. The van der Waals surface area contributed by atoms with Crippen molar-refractivity contribution >= 4 is 29.9 Å². The van der Waals surface area contributed by atoms with E-state index in [9.17, 15) is 0 Å². The van der Waals surface area contributed by atoms with E-state index in [0.29, 0.717) is 0 Å². The fourth-order valence-corrected chi connectivity index (χ4v) is 2.74. The lowest BCUT2D eigenvalue weighted by Gasteiger charge is -2.26. The van der Waals surface area contributed by atoms with Crippen molar-refractivity contribution in [2.45, 2.75) is 6.42 Å². The highest BCUT2D eigenvalue weighted by Crippen LogP contribution is 2.27. The van der Waals surface area contributed by atoms with E-state index in [-0.39, 0.29) is 24.0 Å². The van der Waals surface area contributed by atoms with E-state index < -0.39 is 0 Å². The second-order valence-corrected chi connectivity index (χ2v) is 5.82. The number of guanidine groups is 1. The van der Waals surface area contributed by atoms with Crippen LogP contribution in [0.3, 0.4) is 0 Å². The average Bonchev–Trinajstić information content (AvgIpc) is 2.67. The first-order valence-electron chi connectivity index (χ1n) is 8.72. The van der Waals surface area contributed by atoms with Crippen molar-refractivity contribution in [2.75, 3.05) is 67.2 Å². The minimum absolute atomic E-state index is 0. The fourth-order valence-electron chi connectivity index (χ4n) is 2.74. The summed E-state index contributed by atoms with van der Waals surface area (Å²) in [7, 11) is 5.09. The van der Waals surface area contributed by atoms with E-state index in [0.717, 1.165) is 69.8 Å². The van der Waals surface area contributed by atoms with Crippen molar-refractivity contribution in [1.29, 1.82) is 0 Å². The lowest BCUT2D eigenvalue weighted by Crippen LogP contribution is -2.44. The van der Waals surface area contributed by atoms with Crippen LogP contribution in [0.4, 0.5) is 0 Å². The van der Waals surface area contributed by atoms with Crippen molar-refractivity contribution in [3.05, 3.63) is 23.8 Å². The van der Waals surface area contributed by atoms with Gasteiger partial charge in [-0.15, -0.1) is 24.0 Å². The quantitative estimate of drug-likeness (QED) is 0.334. The molecular formula is C18H31IN4O3. The van der Waals surface area contributed by atoms with Gasteiger partial charge in [0.1, 0.15) is 0 Å². The van der Waals surface area contributed by atoms with E-state index in [1.807, 2.05) is 12.1 Å². The van der Waals surface area contributed by atoms with Gasteiger partial charge in [-0.05, 0) is 24.1 Å². The highest BCUT2D eigenvalue weighted by atomic mass is 127. The first-order valence-corrected chi connectivity index (χ1v) is 8.72. The molecule has 26 heavy (non-hydrogen) atoms. The normalized spacial score (nSPS) is 15.1. The van der Waals surface area contributed by atoms with Crippen molar-refractivity contribution in [3.63, 3.8) is 0 Å². The largest absolute Gasteiger partial charge is 0.493 e. The number of benzene rings is 1. The molecule has 0 aromatic heterocycles. The maximum Gasteiger partial charge on any atom is 0.191 e. The molecule has 8 heteroatoms. The molecule has 0 atom stereocenters. The zero-order chi connectivity index (χ0) is 17.9. The summed E-state index contributed by atoms with van der Waals surface area (Å²) in [6, 6.07) is 6.00. The predicted octanol–water partition coefficient (Wildman–Crippen LogP) is 1.36. The summed E-state index contributed by atoms with van der Waals surface area (Å²) in [5.74, 6) is 2.33. The average molecular weight is 478 g/mol. The fraction of sp³-hybridized carbons (Fsp3) is 0.611. The van der Waals surface area contributed by atoms with Crippen LogP contribution in [0.5, 0.6) is 11.5 Å². The first kappa shape index (κ1) is 22.8. The van der Waals surface area contributed by atoms with Gasteiger partial charge in [0.25, 0.3) is 0 Å². The van der Waals surface area contributed by atoms with Crippen LogP contribution in [0, 0.1) is 0 Å². The summed E-state index contributed by atoms with van der Waals surface area (Å²) in [5.41, 5.74) is 1.19. The molecule has 1 aromatic carbocycles. The molecule has 7 nitrogen and oxygen atoms in total. The van der Waals surface area contributed by atoms with E-state index in [1.165, 1.54) is 5.56 Å². The third kappa shape index (κ3) is 7.55. The number of halogens is 1. The maximum absolute atomic E-state index is 5.36. The molecule has 0 amide bonds. The van der Waals surface area contributed by atoms with Gasteiger partial charge in [0, 0.05) is 39.8 Å². The first-order chi connectivity index (χ1) is 12.3. The summed E-state index contributed by atoms with van der Waals surface area (Å²) >= 11 is 0. The van der Waals surface area contributed by atoms with Crippen molar-refractivity contribution in [3.8, 4) is 11.5 Å². The number of nitrogens with one attached hydrogen (secondary N) is 2. The zero-order valence-electron chi connectivity index (χ0n) is 15.9. The van der Waals surface area contributed by atoms with Crippen LogP contribution in [0.2, 0.25) is 0 Å². The molecule has 0 radical (unpaired) electrons. The Kier molecular flexibility index (Phi) is 11.4. The molecule has 0 saturated carbocycles. The summed E-state index contributed by atoms with van der Waals surface area (Å²) in [6.07, 6.45) is 0.879. The number of hydrogen-bond donors (Lipinski definition) is 2. The lowest BCUT2D eigenvalue weighted by molar-refractivity contribution is 0.0389. The van der Waals surface area contributed by atoms with Crippen LogP contribution in [-0.4, -0.2) is 78.1 Å². The minimum Gasteiger partial charge on any atom is -0.493 e. The third-order valence-corrected chi connectivity index (χ3v) is 4.20. The number of morpholine rings is 1. The van der Waals surface area contributed by atoms with Gasteiger partial charge in [0.2, 0.25) is 0 Å². The summed E-state index contributed by atoms with van der Waals surface area (Å²) in [6.45, 7) is 6.35. The number of aliphatic imine (C=N–C) groups is 1. The summed E-state index contributed by atoms with van der Waals surface area (Å²) in [5, 5.41) is 6.70. The Labute approximate surface area is 173 Å². The standard InChI is InChI=1S/C18H30N4O3.HI/c1-19-18(21-8-9-22-10-12-25-13-11-22)20-7-6-15-4-5-16(23-2)17(14-15)24-3;/h4-5,14H,6-13H2,1-3H3,(H2,19,20,21);1H. The topological polar surface area (TPSA) is 67.4 Å². The van der Waals surface area contributed by atoms with Gasteiger partial charge >= 0.3 is 0 Å². The van der Waals surface area contributed by atoms with Gasteiger partial charge in [-0.25, -0.2) is 0 Å². The van der Waals surface area contributed by atoms with Crippen molar-refractivity contribution in [1.82, 2.24) is 15.5 Å². The van der Waals surface area contributed by atoms with E-state index >= 15 is 0 Å². The number of nitrogens with zero attached hydrogens (tertiary/aromatic N) is 2. The van der Waals surface area contributed by atoms with Crippen LogP contribution in [-0.2, 0) is 11.2 Å². The number of ether oxygens (including phenoxy) is 3. The maximum atomic E-state index is 5.36. The summed E-state index contributed by atoms with van der Waals surface area (Å²) in [4.78, 5) is 6.67. The lowest BCUT2D eigenvalue weighted by atomic mass is 10.1. The van der Waals surface area contributed by atoms with E-state index in [2.05, 4.69) is 26.6 Å². The SMILES string of the molecule is CN=C(NCCc1ccc(OC)c(OC)c1)NCCN1CCOCC1.I. The number of rotatable bonds is 8. The van der Waals surface area contributed by atoms with Gasteiger partial charge in [0.05, 0.1) is 27.4 Å². The van der Waals surface area contributed by atoms with Crippen LogP contribution >= 0.6 is 24.0 Å². The van der Waals surface area contributed by atoms with Crippen LogP contribution in [0.1, 0.15) is 5.56 Å². The van der Waals surface area contributed by atoms with Crippen LogP contribution in [0.15, 0.2) is 23.2 Å². The van der Waals surface area contributed by atoms with E-state index in [4.69, 9.17) is 14.2 Å². The van der Waals surface area contributed by atoms with Gasteiger partial charge in [-0.1, -0.05) is 6.07 Å². The Balaban J connectivity index is 0.00000338. The number of hydrogen-bond acceptors (Lipinski definition) is 5. The molecule has 0 unspecified atom stereocenters. The van der Waals surface area contributed by atoms with Crippen LogP contribution in [0.25, 0.3) is 0 Å². The highest BCUT2D eigenvalue weighted by Gasteiger charge is 2.09. The second kappa shape index (κ2) is 13.0. The molecule has 1 fully saturated rings. The second-order valence-electron chi connectivity index (χ2n) is 5.82. The molecule has 0 aliphatic carbocycles. The van der Waals surface area contributed by atoms with E-state index in [1.54, 1.807) is 21.3 Å². The Bertz CT molecular complexity index is 551. The van der Waals surface area contributed by atoms with Crippen molar-refractivity contribution in [2.24, 2.45) is 4.99 Å². The highest BCUT2D eigenvalue weighted by molar-refractivity contribution is 14.0. The Morgan fingerprint density at radius 2 is 1.81 bits per heavy atom. The molecule has 1 heterocycles. The van der Waals surface area contributed by atoms with Gasteiger partial charge in [-0.2, -0.15) is 0 Å². The van der Waals surface area contributed by atoms with Gasteiger partial charge < -0.3 is 24.8 Å². The molecule has 148 valence electrons. The molecule has 2 rings (SSSR count). The predicted molar refractivity (Wildman–Crippen MR) is 115 cm³/mol. The monoisotopic (exact) mass is 478 g/mol. The molecule has 1 aliphatic heterocycles. The van der Waals surface area contributed by atoms with Crippen LogP contribution < -0.4 is 20.1 Å². The molecule has 2 N–H and O–H groups in total. The molecule has 1 aromatic rings. The molecule has 0 spiro atoms. The zero-order valence-corrected chi connectivity index (χ0v) is 18.2. The van der Waals surface area contributed by atoms with Crippen molar-refractivity contribution < 1.29 is 14.2 Å². The minimum atomic E-state index is 0. The molecule has 1 saturated heterocycles. The van der Waals surface area contributed by atoms with Gasteiger partial charge in [0.15, 0.2) is 17.5 Å². The molecular weight excluding hydrogens is 447 g/mol. The third-order valence-electron chi connectivity index (χ3n) is 4.20. The summed E-state index contributed by atoms with van der Waals surface area (Å²) < 4.78 is 16.0. The smallest absolute Gasteiger partial charge is 0.191 e. The number of methoxy groups -OCH3 is 2. The van der Waals surface area contributed by atoms with Gasteiger partial charge in [-0.3, -0.25) is 9.89 Å². The molecule has 1 aliphatic rings. The molecule has 0 bridgehead atoms. The Morgan fingerprint density at radius 1 is 1.12 bits per heavy atom.